The summed E-state index contributed by atoms with van der Waals surface area (Å²) in [5.41, 5.74) is 1.71. The number of benzene rings is 1. The van der Waals surface area contributed by atoms with Crippen molar-refractivity contribution in [1.82, 2.24) is 4.98 Å². The van der Waals surface area contributed by atoms with Crippen molar-refractivity contribution in [2.75, 3.05) is 0 Å². The predicted molar refractivity (Wildman–Crippen MR) is 48.0 cm³/mol. The van der Waals surface area contributed by atoms with Crippen LogP contribution in [0.25, 0.3) is 10.9 Å². The molecule has 1 N–H and O–H groups in total. The highest BCUT2D eigenvalue weighted by molar-refractivity contribution is 6.31. The van der Waals surface area contributed by atoms with E-state index in [1.165, 1.54) is 12.1 Å². The maximum atomic E-state index is 12.7. The summed E-state index contributed by atoms with van der Waals surface area (Å²) in [6.45, 7) is 1.90. The second kappa shape index (κ2) is 2.49. The highest BCUT2D eigenvalue weighted by atomic mass is 35.5. The number of nitrogens with one attached hydrogen (secondary N) is 1. The van der Waals surface area contributed by atoms with E-state index in [-0.39, 0.29) is 5.82 Å². The summed E-state index contributed by atoms with van der Waals surface area (Å²) in [7, 11) is 0. The number of halogens is 2. The van der Waals surface area contributed by atoms with E-state index in [1.807, 2.05) is 6.92 Å². The minimum absolute atomic E-state index is 0.250. The van der Waals surface area contributed by atoms with Crippen molar-refractivity contribution in [3.63, 3.8) is 0 Å². The van der Waals surface area contributed by atoms with Crippen molar-refractivity contribution in [2.24, 2.45) is 0 Å². The van der Waals surface area contributed by atoms with Crippen molar-refractivity contribution in [3.05, 3.63) is 34.7 Å². The average Bonchev–Trinajstić information content (AvgIpc) is 2.28. The first-order valence-electron chi connectivity index (χ1n) is 3.62. The third kappa shape index (κ3) is 0.994. The van der Waals surface area contributed by atoms with Crippen LogP contribution in [0.4, 0.5) is 4.39 Å². The Hall–Kier alpha value is -1.02. The SMILES string of the molecule is Cc1c(Cl)[nH]c2cc(F)ccc12. The van der Waals surface area contributed by atoms with Gasteiger partial charge in [0.25, 0.3) is 0 Å². The Morgan fingerprint density at radius 3 is 2.92 bits per heavy atom. The number of aryl methyl sites for hydroxylation is 1. The van der Waals surface area contributed by atoms with E-state index in [1.54, 1.807) is 6.07 Å². The molecule has 1 aromatic carbocycles. The third-order valence-electron chi connectivity index (χ3n) is 1.96. The lowest BCUT2D eigenvalue weighted by Gasteiger charge is -1.90. The molecule has 0 aliphatic heterocycles. The fraction of sp³-hybridized carbons (Fsp3) is 0.111. The molecular formula is C9H7ClFN. The van der Waals surface area contributed by atoms with Gasteiger partial charge in [-0.3, -0.25) is 0 Å². The highest BCUT2D eigenvalue weighted by Gasteiger charge is 2.04. The molecule has 1 aromatic heterocycles. The molecule has 1 heterocycles. The van der Waals surface area contributed by atoms with Crippen LogP contribution in [0.3, 0.4) is 0 Å². The molecule has 0 amide bonds. The van der Waals surface area contributed by atoms with E-state index in [9.17, 15) is 4.39 Å². The van der Waals surface area contributed by atoms with Gasteiger partial charge in [0.05, 0.1) is 0 Å². The molecule has 2 rings (SSSR count). The van der Waals surface area contributed by atoms with Gasteiger partial charge in [-0.05, 0) is 30.7 Å². The van der Waals surface area contributed by atoms with Crippen LogP contribution in [0.1, 0.15) is 5.56 Å². The van der Waals surface area contributed by atoms with Gasteiger partial charge in [-0.2, -0.15) is 0 Å². The largest absolute Gasteiger partial charge is 0.345 e. The highest BCUT2D eigenvalue weighted by Crippen LogP contribution is 2.25. The Balaban J connectivity index is 2.87. The van der Waals surface area contributed by atoms with Crippen molar-refractivity contribution >= 4 is 22.5 Å². The molecule has 0 spiro atoms. The van der Waals surface area contributed by atoms with Gasteiger partial charge in [0.2, 0.25) is 0 Å². The molecule has 0 aliphatic rings. The van der Waals surface area contributed by atoms with Gasteiger partial charge in [0.1, 0.15) is 11.0 Å². The Labute approximate surface area is 74.2 Å². The minimum Gasteiger partial charge on any atom is -0.345 e. The molecule has 0 radical (unpaired) electrons. The zero-order chi connectivity index (χ0) is 8.72. The smallest absolute Gasteiger partial charge is 0.125 e. The second-order valence-electron chi connectivity index (χ2n) is 2.75. The van der Waals surface area contributed by atoms with Crippen molar-refractivity contribution < 1.29 is 4.39 Å². The number of hydrogen-bond acceptors (Lipinski definition) is 0. The van der Waals surface area contributed by atoms with Crippen LogP contribution in [0.15, 0.2) is 18.2 Å². The van der Waals surface area contributed by atoms with Gasteiger partial charge in [-0.25, -0.2) is 4.39 Å². The summed E-state index contributed by atoms with van der Waals surface area (Å²) in [4.78, 5) is 2.89. The van der Waals surface area contributed by atoms with Crippen LogP contribution in [0.5, 0.6) is 0 Å². The molecule has 12 heavy (non-hydrogen) atoms. The number of rotatable bonds is 0. The predicted octanol–water partition coefficient (Wildman–Crippen LogP) is 3.27. The first kappa shape index (κ1) is 7.62. The summed E-state index contributed by atoms with van der Waals surface area (Å²) in [6.07, 6.45) is 0. The van der Waals surface area contributed by atoms with E-state index in [4.69, 9.17) is 11.6 Å². The van der Waals surface area contributed by atoms with Gasteiger partial charge in [0, 0.05) is 10.9 Å². The molecule has 0 fully saturated rings. The Morgan fingerprint density at radius 2 is 2.17 bits per heavy atom. The summed E-state index contributed by atoms with van der Waals surface area (Å²) in [5.74, 6) is -0.250. The number of aromatic amines is 1. The van der Waals surface area contributed by atoms with E-state index in [2.05, 4.69) is 4.98 Å². The zero-order valence-corrected chi connectivity index (χ0v) is 7.24. The first-order chi connectivity index (χ1) is 5.68. The molecule has 1 nitrogen and oxygen atoms in total. The van der Waals surface area contributed by atoms with Crippen LogP contribution in [0.2, 0.25) is 5.15 Å². The number of hydrogen-bond donors (Lipinski definition) is 1. The van der Waals surface area contributed by atoms with E-state index in [0.717, 1.165) is 16.5 Å². The Morgan fingerprint density at radius 1 is 1.42 bits per heavy atom. The average molecular weight is 184 g/mol. The fourth-order valence-corrected chi connectivity index (χ4v) is 1.48. The fourth-order valence-electron chi connectivity index (χ4n) is 1.28. The lowest BCUT2D eigenvalue weighted by atomic mass is 10.2. The normalized spacial score (nSPS) is 10.9. The molecule has 0 atom stereocenters. The topological polar surface area (TPSA) is 15.8 Å². The number of H-pyrrole nitrogens is 1. The van der Waals surface area contributed by atoms with Crippen LogP contribution in [-0.2, 0) is 0 Å². The zero-order valence-electron chi connectivity index (χ0n) is 6.49. The van der Waals surface area contributed by atoms with Crippen LogP contribution in [0, 0.1) is 12.7 Å². The standard InChI is InChI=1S/C9H7ClFN/c1-5-7-3-2-6(11)4-8(7)12-9(5)10/h2-4,12H,1H3. The van der Waals surface area contributed by atoms with E-state index < -0.39 is 0 Å². The molecule has 0 saturated carbocycles. The summed E-state index contributed by atoms with van der Waals surface area (Å²) < 4.78 is 12.7. The van der Waals surface area contributed by atoms with Gasteiger partial charge in [-0.1, -0.05) is 11.6 Å². The summed E-state index contributed by atoms with van der Waals surface area (Å²) in [5, 5.41) is 1.55. The van der Waals surface area contributed by atoms with E-state index in [0.29, 0.717) is 5.15 Å². The number of aromatic nitrogens is 1. The Kier molecular flexibility index (Phi) is 1.58. The van der Waals surface area contributed by atoms with Crippen LogP contribution in [-0.4, -0.2) is 4.98 Å². The molecule has 0 unspecified atom stereocenters. The Bertz CT molecular complexity index is 433. The summed E-state index contributed by atoms with van der Waals surface area (Å²) in [6, 6.07) is 4.59. The monoisotopic (exact) mass is 183 g/mol. The van der Waals surface area contributed by atoms with Crippen LogP contribution < -0.4 is 0 Å². The van der Waals surface area contributed by atoms with Crippen molar-refractivity contribution in [1.29, 1.82) is 0 Å². The maximum Gasteiger partial charge on any atom is 0.125 e. The van der Waals surface area contributed by atoms with Gasteiger partial charge >= 0.3 is 0 Å². The van der Waals surface area contributed by atoms with Gasteiger partial charge in [0.15, 0.2) is 0 Å². The lowest BCUT2D eigenvalue weighted by molar-refractivity contribution is 0.629. The molecule has 0 aliphatic carbocycles. The van der Waals surface area contributed by atoms with Crippen molar-refractivity contribution in [2.45, 2.75) is 6.92 Å². The third-order valence-corrected chi connectivity index (χ3v) is 2.34. The van der Waals surface area contributed by atoms with Crippen molar-refractivity contribution in [3.8, 4) is 0 Å². The van der Waals surface area contributed by atoms with Gasteiger partial charge < -0.3 is 4.98 Å². The molecule has 62 valence electrons. The van der Waals surface area contributed by atoms with Gasteiger partial charge in [-0.15, -0.1) is 0 Å². The number of fused-ring (bicyclic) bond motifs is 1. The molecular weight excluding hydrogens is 177 g/mol. The quantitative estimate of drug-likeness (QED) is 0.645. The summed E-state index contributed by atoms with van der Waals surface area (Å²) >= 11 is 5.83. The first-order valence-corrected chi connectivity index (χ1v) is 3.99. The molecule has 3 heteroatoms. The van der Waals surface area contributed by atoms with E-state index >= 15 is 0 Å². The molecule has 0 saturated heterocycles. The lowest BCUT2D eigenvalue weighted by Crippen LogP contribution is -1.72. The molecule has 2 aromatic rings. The minimum atomic E-state index is -0.250. The maximum absolute atomic E-state index is 12.7. The van der Waals surface area contributed by atoms with Crippen LogP contribution >= 0.6 is 11.6 Å². The molecule has 0 bridgehead atoms. The second-order valence-corrected chi connectivity index (χ2v) is 3.13.